The van der Waals surface area contributed by atoms with E-state index in [1.54, 1.807) is 0 Å². The van der Waals surface area contributed by atoms with Gasteiger partial charge in [-0.1, -0.05) is 259 Å². The Hall–Kier alpha value is -2.41. The number of rotatable bonds is 58. The number of amides is 2. The maximum absolute atomic E-state index is 13.9. The van der Waals surface area contributed by atoms with Crippen molar-refractivity contribution in [2.75, 3.05) is 13.2 Å². The van der Waals surface area contributed by atoms with Gasteiger partial charge in [-0.2, -0.15) is 0 Å². The Bertz CT molecular complexity index is 1890. The lowest BCUT2D eigenvalue weighted by Crippen LogP contribution is -2.67. The third-order valence-corrected chi connectivity index (χ3v) is 18.1. The average Bonchev–Trinajstić information content (AvgIpc) is 1.02. The van der Waals surface area contributed by atoms with Gasteiger partial charge >= 0.3 is 19.8 Å². The van der Waals surface area contributed by atoms with Crippen LogP contribution in [0.2, 0.25) is 0 Å². The molecule has 0 aromatic heterocycles. The van der Waals surface area contributed by atoms with Crippen LogP contribution in [0.15, 0.2) is 0 Å². The zero-order valence-corrected chi connectivity index (χ0v) is 57.5. The van der Waals surface area contributed by atoms with Gasteiger partial charge in [0.05, 0.1) is 63.3 Å². The quantitative estimate of drug-likeness (QED) is 0.0153. The first-order chi connectivity index (χ1) is 43.8. The first kappa shape index (κ1) is 84.7. The Morgan fingerprint density at radius 1 is 0.418 bits per heavy atom. The molecule has 0 aromatic rings. The number of ether oxygens (including phenoxy) is 5. The van der Waals surface area contributed by atoms with Gasteiger partial charge in [0.15, 0.2) is 24.8 Å². The number of nitrogens with one attached hydrogen (secondary N) is 2. The fourth-order valence-corrected chi connectivity index (χ4v) is 12.6. The van der Waals surface area contributed by atoms with E-state index in [9.17, 15) is 69.3 Å². The molecule has 0 radical (unpaired) electrons. The standard InChI is InChI=1S/C68H129N2O20P/c1-5-9-13-17-21-25-29-33-37-41-51(72)45-57(76)69-61-65(88-59(78)47-53(74)43-39-35-31-27-23-19-15-11-7-3)63(80)55(49-71)86-67(61)85-50-56-64(81)66(89-60(79)48-54(75)44-40-36-32-28-24-20-16-12-8-4)62(68(87-56)90-91(82,83)84)70-58(77)46-52(73)42-38-34-30-26-22-18-14-10-6-2/h51-56,61-68,71-75,80-81H,5-50H2,1-4H3,(H,69,76)(H,70,77)(H2,82,83,84)/t51-,52-,53-,54-,55?,56?,61?,62?,63?,64?,65?,66?,67?,68?/m1/s1. The number of hydrogen-bond acceptors (Lipinski definition) is 18. The van der Waals surface area contributed by atoms with Gasteiger partial charge < -0.3 is 79.9 Å². The highest BCUT2D eigenvalue weighted by Gasteiger charge is 2.53. The lowest BCUT2D eigenvalue weighted by Gasteiger charge is -2.46. The molecule has 2 saturated heterocycles. The van der Waals surface area contributed by atoms with Crippen molar-refractivity contribution < 1.29 is 97.5 Å². The molecule has 14 atom stereocenters. The van der Waals surface area contributed by atoms with Crippen LogP contribution in [0.3, 0.4) is 0 Å². The van der Waals surface area contributed by atoms with Gasteiger partial charge in [0.1, 0.15) is 36.5 Å². The topological polar surface area (TPSA) is 347 Å². The van der Waals surface area contributed by atoms with Gasteiger partial charge in [-0.05, 0) is 25.7 Å². The summed E-state index contributed by atoms with van der Waals surface area (Å²) < 4.78 is 47.5. The van der Waals surface area contributed by atoms with Gasteiger partial charge in [-0.3, -0.25) is 23.7 Å². The minimum atomic E-state index is -5.54. The average molecular weight is 1330 g/mol. The van der Waals surface area contributed by atoms with E-state index in [0.717, 1.165) is 135 Å². The molecule has 2 amide bonds. The van der Waals surface area contributed by atoms with Crippen LogP contribution in [-0.4, -0.2) is 168 Å². The van der Waals surface area contributed by atoms with E-state index in [2.05, 4.69) is 38.3 Å². The molecular weight excluding hydrogens is 1200 g/mol. The Kier molecular flexibility index (Phi) is 49.1. The van der Waals surface area contributed by atoms with E-state index in [1.165, 1.54) is 70.6 Å². The molecule has 2 rings (SSSR count). The number of aliphatic hydroxyl groups is 7. The Labute approximate surface area is 546 Å². The highest BCUT2D eigenvalue weighted by atomic mass is 31.2. The third kappa shape index (κ3) is 40.7. The second-order valence-corrected chi connectivity index (χ2v) is 27.4. The van der Waals surface area contributed by atoms with Crippen molar-refractivity contribution in [1.82, 2.24) is 10.6 Å². The molecule has 0 aromatic carbocycles. The van der Waals surface area contributed by atoms with E-state index in [-0.39, 0.29) is 12.8 Å². The van der Waals surface area contributed by atoms with Crippen LogP contribution in [0.1, 0.15) is 310 Å². The molecule has 2 heterocycles. The highest BCUT2D eigenvalue weighted by Crippen LogP contribution is 2.41. The second-order valence-electron chi connectivity index (χ2n) is 26.2. The Balaban J connectivity index is 2.43. The fourth-order valence-electron chi connectivity index (χ4n) is 12.1. The summed E-state index contributed by atoms with van der Waals surface area (Å²) in [6.45, 7) is 6.95. The normalized spacial score (nSPS) is 23.3. The molecule has 2 fully saturated rings. The van der Waals surface area contributed by atoms with Crippen molar-refractivity contribution >= 4 is 31.6 Å². The van der Waals surface area contributed by atoms with Crippen LogP contribution in [0.4, 0.5) is 0 Å². The molecule has 0 spiro atoms. The molecule has 91 heavy (non-hydrogen) atoms. The van der Waals surface area contributed by atoms with Crippen molar-refractivity contribution in [2.45, 2.75) is 396 Å². The lowest BCUT2D eigenvalue weighted by molar-refractivity contribution is -0.298. The summed E-state index contributed by atoms with van der Waals surface area (Å²) >= 11 is 0. The number of aliphatic hydroxyl groups excluding tert-OH is 7. The highest BCUT2D eigenvalue weighted by molar-refractivity contribution is 7.46. The molecule has 2 aliphatic rings. The molecule has 22 nitrogen and oxygen atoms in total. The van der Waals surface area contributed by atoms with Crippen LogP contribution in [0.5, 0.6) is 0 Å². The number of phosphoric ester groups is 1. The zero-order chi connectivity index (χ0) is 67.1. The smallest absolute Gasteiger partial charge is 0.457 e. The third-order valence-electron chi connectivity index (χ3n) is 17.6. The first-order valence-electron chi connectivity index (χ1n) is 36.1. The molecule has 23 heteroatoms. The van der Waals surface area contributed by atoms with E-state index in [0.29, 0.717) is 38.5 Å². The molecule has 11 N–H and O–H groups in total. The summed E-state index contributed by atoms with van der Waals surface area (Å²) in [6.07, 6.45) is 17.3. The van der Waals surface area contributed by atoms with Gasteiger partial charge in [0.2, 0.25) is 11.8 Å². The first-order valence-corrected chi connectivity index (χ1v) is 37.6. The van der Waals surface area contributed by atoms with Crippen LogP contribution in [0, 0.1) is 0 Å². The number of carbonyl (C=O) groups is 4. The van der Waals surface area contributed by atoms with Crippen molar-refractivity contribution in [2.24, 2.45) is 0 Å². The van der Waals surface area contributed by atoms with Gasteiger partial charge in [0.25, 0.3) is 0 Å². The Morgan fingerprint density at radius 3 is 1.00 bits per heavy atom. The van der Waals surface area contributed by atoms with Crippen LogP contribution in [0.25, 0.3) is 0 Å². The molecule has 536 valence electrons. The predicted octanol–water partition coefficient (Wildman–Crippen LogP) is 10.8. The SMILES string of the molecule is CCCCCCCCCCC[C@@H](O)CC(=O)NC1C(OCC2OC(OP(=O)(O)O)C(NC(=O)C[C@H](O)CCCCCCCCCCC)C(OC(=O)C[C@H](O)CCCCCCCCCCC)C2O)OC(CO)C(O)C1OC(=O)C[C@H](O)CCCCCCCCCCC. The molecule has 2 aliphatic heterocycles. The predicted molar refractivity (Wildman–Crippen MR) is 349 cm³/mol. The van der Waals surface area contributed by atoms with E-state index < -0.39 is 156 Å². The summed E-state index contributed by atoms with van der Waals surface area (Å²) in [6, 6.07) is -3.44. The van der Waals surface area contributed by atoms with Crippen molar-refractivity contribution in [1.29, 1.82) is 0 Å². The molecule has 10 unspecified atom stereocenters. The van der Waals surface area contributed by atoms with Crippen LogP contribution in [-0.2, 0) is 52.0 Å². The van der Waals surface area contributed by atoms with E-state index in [4.69, 9.17) is 28.2 Å². The molecule has 0 bridgehead atoms. The molecular formula is C68H129N2O20P. The Morgan fingerprint density at radius 2 is 0.692 bits per heavy atom. The van der Waals surface area contributed by atoms with Gasteiger partial charge in [0, 0.05) is 0 Å². The largest absolute Gasteiger partial charge is 0.472 e. The van der Waals surface area contributed by atoms with Crippen LogP contribution >= 0.6 is 7.82 Å². The van der Waals surface area contributed by atoms with Gasteiger partial charge in [-0.25, -0.2) is 4.57 Å². The fraction of sp³-hybridized carbons (Fsp3) is 0.941. The number of phosphoric acid groups is 1. The number of hydrogen-bond donors (Lipinski definition) is 11. The van der Waals surface area contributed by atoms with E-state index in [1.807, 2.05) is 0 Å². The summed E-state index contributed by atoms with van der Waals surface area (Å²) in [5.41, 5.74) is 0. The van der Waals surface area contributed by atoms with Crippen molar-refractivity contribution in [3.63, 3.8) is 0 Å². The van der Waals surface area contributed by atoms with Gasteiger partial charge in [-0.15, -0.1) is 0 Å². The monoisotopic (exact) mass is 1320 g/mol. The minimum Gasteiger partial charge on any atom is -0.457 e. The summed E-state index contributed by atoms with van der Waals surface area (Å²) in [5, 5.41) is 83.4. The van der Waals surface area contributed by atoms with Crippen LogP contribution < -0.4 is 10.6 Å². The summed E-state index contributed by atoms with van der Waals surface area (Å²) in [5.74, 6) is -3.62. The lowest BCUT2D eigenvalue weighted by atomic mass is 9.95. The maximum atomic E-state index is 13.9. The number of unbranched alkanes of at least 4 members (excludes halogenated alkanes) is 32. The number of carbonyl (C=O) groups excluding carboxylic acids is 4. The number of esters is 2. The summed E-state index contributed by atoms with van der Waals surface area (Å²) in [4.78, 5) is 75.5. The van der Waals surface area contributed by atoms with Crippen molar-refractivity contribution in [3.05, 3.63) is 0 Å². The van der Waals surface area contributed by atoms with E-state index >= 15 is 0 Å². The second kappa shape index (κ2) is 52.7. The summed E-state index contributed by atoms with van der Waals surface area (Å²) in [7, 11) is -5.54. The maximum Gasteiger partial charge on any atom is 0.472 e. The molecule has 0 saturated carbocycles. The zero-order valence-electron chi connectivity index (χ0n) is 56.6. The molecule has 0 aliphatic carbocycles. The minimum absolute atomic E-state index is 0.246. The van der Waals surface area contributed by atoms with Crippen molar-refractivity contribution in [3.8, 4) is 0 Å².